The number of amides is 1. The minimum atomic E-state index is -4.37. The molecule has 1 atom stereocenters. The molecule has 1 amide bonds. The first-order valence-electron chi connectivity index (χ1n) is 8.86. The summed E-state index contributed by atoms with van der Waals surface area (Å²) in [5.74, 6) is -0.0137. The van der Waals surface area contributed by atoms with Crippen molar-refractivity contribution in [3.8, 4) is 0 Å². The van der Waals surface area contributed by atoms with E-state index in [0.29, 0.717) is 31.5 Å². The number of carbonyl (C=O) groups excluding carboxylic acids is 1. The van der Waals surface area contributed by atoms with Gasteiger partial charge in [0.15, 0.2) is 0 Å². The van der Waals surface area contributed by atoms with Crippen LogP contribution in [0, 0.1) is 5.92 Å². The van der Waals surface area contributed by atoms with E-state index in [1.807, 2.05) is 20.8 Å². The number of halogens is 3. The maximum absolute atomic E-state index is 13.0. The van der Waals surface area contributed by atoms with Crippen molar-refractivity contribution in [2.45, 2.75) is 51.3 Å². The molecule has 0 bridgehead atoms. The van der Waals surface area contributed by atoms with Gasteiger partial charge in [0.25, 0.3) is 0 Å². The van der Waals surface area contributed by atoms with Crippen LogP contribution in [0.5, 0.6) is 0 Å². The molecule has 1 aliphatic rings. The predicted octanol–water partition coefficient (Wildman–Crippen LogP) is 4.39. The zero-order valence-corrected chi connectivity index (χ0v) is 15.5. The Kier molecular flexibility index (Phi) is 6.21. The molecule has 1 aliphatic heterocycles. The van der Waals surface area contributed by atoms with E-state index in [1.165, 1.54) is 12.1 Å². The van der Waals surface area contributed by atoms with Crippen LogP contribution < -0.4 is 5.73 Å². The van der Waals surface area contributed by atoms with Crippen molar-refractivity contribution in [1.82, 2.24) is 4.90 Å². The van der Waals surface area contributed by atoms with Crippen LogP contribution in [0.3, 0.4) is 0 Å². The minimum absolute atomic E-state index is 0.141. The number of likely N-dealkylation sites (tertiary alicyclic amines) is 1. The van der Waals surface area contributed by atoms with Crippen molar-refractivity contribution in [2.24, 2.45) is 11.7 Å². The fourth-order valence-electron chi connectivity index (χ4n) is 3.36. The van der Waals surface area contributed by atoms with Gasteiger partial charge < -0.3 is 15.4 Å². The third-order valence-electron chi connectivity index (χ3n) is 4.66. The smallest absolute Gasteiger partial charge is 0.416 e. The van der Waals surface area contributed by atoms with Crippen LogP contribution in [0.4, 0.5) is 18.0 Å². The Morgan fingerprint density at radius 3 is 2.38 bits per heavy atom. The summed E-state index contributed by atoms with van der Waals surface area (Å²) < 4.78 is 44.3. The van der Waals surface area contributed by atoms with E-state index in [2.05, 4.69) is 0 Å². The molecule has 0 radical (unpaired) electrons. The van der Waals surface area contributed by atoms with Crippen LogP contribution in [0.2, 0.25) is 0 Å². The Bertz CT molecular complexity index is 618. The minimum Gasteiger partial charge on any atom is -0.444 e. The lowest BCUT2D eigenvalue weighted by atomic mass is 9.79. The molecule has 7 heteroatoms. The van der Waals surface area contributed by atoms with Gasteiger partial charge in [-0.2, -0.15) is 13.2 Å². The number of ether oxygens (including phenoxy) is 1. The molecule has 0 saturated carbocycles. The second kappa shape index (κ2) is 7.86. The van der Waals surface area contributed by atoms with E-state index in [1.54, 1.807) is 11.0 Å². The first-order chi connectivity index (χ1) is 12.0. The molecular formula is C19H27F3N2O2. The lowest BCUT2D eigenvalue weighted by Gasteiger charge is -2.36. The first kappa shape index (κ1) is 20.6. The molecule has 1 heterocycles. The molecule has 2 rings (SSSR count). The summed E-state index contributed by atoms with van der Waals surface area (Å²) in [6.45, 7) is 6.77. The normalized spacial score (nSPS) is 17.9. The van der Waals surface area contributed by atoms with Crippen LogP contribution in [-0.4, -0.2) is 36.2 Å². The Labute approximate surface area is 152 Å². The topological polar surface area (TPSA) is 55.6 Å². The molecule has 0 aromatic heterocycles. The van der Waals surface area contributed by atoms with E-state index in [0.717, 1.165) is 6.07 Å². The highest BCUT2D eigenvalue weighted by atomic mass is 19.4. The summed E-state index contributed by atoms with van der Waals surface area (Å²) in [7, 11) is 0. The van der Waals surface area contributed by atoms with Crippen molar-refractivity contribution in [2.75, 3.05) is 19.6 Å². The summed E-state index contributed by atoms with van der Waals surface area (Å²) >= 11 is 0. The number of carbonyl (C=O) groups is 1. The Morgan fingerprint density at radius 2 is 1.88 bits per heavy atom. The van der Waals surface area contributed by atoms with Crippen molar-refractivity contribution >= 4 is 6.09 Å². The summed E-state index contributed by atoms with van der Waals surface area (Å²) in [6.07, 6.45) is -3.33. The lowest BCUT2D eigenvalue weighted by molar-refractivity contribution is -0.137. The molecule has 1 unspecified atom stereocenters. The summed E-state index contributed by atoms with van der Waals surface area (Å²) in [5.41, 5.74) is 5.29. The second-order valence-electron chi connectivity index (χ2n) is 7.77. The van der Waals surface area contributed by atoms with E-state index < -0.39 is 17.3 Å². The number of hydrogen-bond donors (Lipinski definition) is 1. The molecular weight excluding hydrogens is 345 g/mol. The number of nitrogens with two attached hydrogens (primary N) is 1. The lowest BCUT2D eigenvalue weighted by Crippen LogP contribution is -2.43. The average Bonchev–Trinajstić information content (AvgIpc) is 2.54. The molecule has 1 aromatic carbocycles. The number of nitrogens with zero attached hydrogens (tertiary/aromatic N) is 1. The summed E-state index contributed by atoms with van der Waals surface area (Å²) in [6, 6.07) is 5.39. The summed E-state index contributed by atoms with van der Waals surface area (Å²) in [4.78, 5) is 13.8. The highest BCUT2D eigenvalue weighted by Gasteiger charge is 2.33. The molecule has 1 fully saturated rings. The molecule has 1 aromatic rings. The van der Waals surface area contributed by atoms with Gasteiger partial charge in [0.05, 0.1) is 5.56 Å². The van der Waals surface area contributed by atoms with Gasteiger partial charge >= 0.3 is 12.3 Å². The fourth-order valence-corrected chi connectivity index (χ4v) is 3.36. The highest BCUT2D eigenvalue weighted by Crippen LogP contribution is 2.36. The highest BCUT2D eigenvalue weighted by molar-refractivity contribution is 5.68. The zero-order valence-electron chi connectivity index (χ0n) is 15.5. The largest absolute Gasteiger partial charge is 0.444 e. The molecule has 2 N–H and O–H groups in total. The van der Waals surface area contributed by atoms with Crippen molar-refractivity contribution in [3.05, 3.63) is 35.4 Å². The Balaban J connectivity index is 2.04. The molecule has 4 nitrogen and oxygen atoms in total. The maximum Gasteiger partial charge on any atom is 0.416 e. The van der Waals surface area contributed by atoms with Gasteiger partial charge in [-0.3, -0.25) is 0 Å². The van der Waals surface area contributed by atoms with Gasteiger partial charge in [-0.25, -0.2) is 4.79 Å². The van der Waals surface area contributed by atoms with Gasteiger partial charge in [0.2, 0.25) is 0 Å². The monoisotopic (exact) mass is 372 g/mol. The van der Waals surface area contributed by atoms with Crippen molar-refractivity contribution in [1.29, 1.82) is 0 Å². The molecule has 0 spiro atoms. The maximum atomic E-state index is 13.0. The SMILES string of the molecule is CC(C)(C)OC(=O)N1CCC(C(CN)c2cccc(C(F)(F)F)c2)CC1. The molecule has 26 heavy (non-hydrogen) atoms. The van der Waals surface area contributed by atoms with E-state index >= 15 is 0 Å². The van der Waals surface area contributed by atoms with E-state index in [9.17, 15) is 18.0 Å². The number of alkyl halides is 3. The van der Waals surface area contributed by atoms with Crippen LogP contribution >= 0.6 is 0 Å². The van der Waals surface area contributed by atoms with Crippen LogP contribution in [-0.2, 0) is 10.9 Å². The fraction of sp³-hybridized carbons (Fsp3) is 0.632. The third kappa shape index (κ3) is 5.37. The Hall–Kier alpha value is -1.76. The van der Waals surface area contributed by atoms with Gasteiger partial charge in [-0.15, -0.1) is 0 Å². The summed E-state index contributed by atoms with van der Waals surface area (Å²) in [5, 5.41) is 0. The van der Waals surface area contributed by atoms with Gasteiger partial charge in [0, 0.05) is 13.1 Å². The average molecular weight is 372 g/mol. The standard InChI is InChI=1S/C19H27F3N2O2/c1-18(2,3)26-17(25)24-9-7-13(8-10-24)16(12-23)14-5-4-6-15(11-14)19(20,21)22/h4-6,11,13,16H,7-10,12,23H2,1-3H3. The number of benzene rings is 1. The molecule has 1 saturated heterocycles. The van der Waals surface area contributed by atoms with E-state index in [-0.39, 0.29) is 24.5 Å². The van der Waals surface area contributed by atoms with Crippen LogP contribution in [0.25, 0.3) is 0 Å². The van der Waals surface area contributed by atoms with Crippen molar-refractivity contribution < 1.29 is 22.7 Å². The van der Waals surface area contributed by atoms with Crippen LogP contribution in [0.15, 0.2) is 24.3 Å². The third-order valence-corrected chi connectivity index (χ3v) is 4.66. The molecule has 0 aliphatic carbocycles. The Morgan fingerprint density at radius 1 is 1.27 bits per heavy atom. The quantitative estimate of drug-likeness (QED) is 0.856. The van der Waals surface area contributed by atoms with Gasteiger partial charge in [-0.1, -0.05) is 18.2 Å². The molecule has 146 valence electrons. The van der Waals surface area contributed by atoms with Crippen LogP contribution in [0.1, 0.15) is 50.7 Å². The van der Waals surface area contributed by atoms with E-state index in [4.69, 9.17) is 10.5 Å². The van der Waals surface area contributed by atoms with Gasteiger partial charge in [-0.05, 0) is 63.6 Å². The number of piperidine rings is 1. The number of rotatable bonds is 3. The number of hydrogen-bond acceptors (Lipinski definition) is 3. The zero-order chi connectivity index (χ0) is 19.5. The first-order valence-corrected chi connectivity index (χ1v) is 8.86. The predicted molar refractivity (Wildman–Crippen MR) is 93.8 cm³/mol. The van der Waals surface area contributed by atoms with Crippen molar-refractivity contribution in [3.63, 3.8) is 0 Å². The van der Waals surface area contributed by atoms with Gasteiger partial charge in [0.1, 0.15) is 5.60 Å². The second-order valence-corrected chi connectivity index (χ2v) is 7.77.